The van der Waals surface area contributed by atoms with Crippen LogP contribution in [-0.2, 0) is 16.6 Å². The van der Waals surface area contributed by atoms with Gasteiger partial charge in [0.1, 0.15) is 10.6 Å². The van der Waals surface area contributed by atoms with Crippen molar-refractivity contribution in [2.45, 2.75) is 17.9 Å². The highest BCUT2D eigenvalue weighted by atomic mass is 32.2. The molecule has 0 saturated carbocycles. The second kappa shape index (κ2) is 7.41. The fourth-order valence-electron chi connectivity index (χ4n) is 2.19. The van der Waals surface area contributed by atoms with Crippen LogP contribution in [0.4, 0.5) is 0 Å². The van der Waals surface area contributed by atoms with Crippen molar-refractivity contribution in [3.63, 3.8) is 0 Å². The summed E-state index contributed by atoms with van der Waals surface area (Å²) in [4.78, 5) is 15.8. The zero-order chi connectivity index (χ0) is 17.7. The number of aryl methyl sites for hydroxylation is 1. The topological polar surface area (TPSA) is 107 Å². The molecule has 0 unspecified atom stereocenters. The van der Waals surface area contributed by atoms with Gasteiger partial charge in [-0.15, -0.1) is 0 Å². The maximum absolute atomic E-state index is 12.1. The summed E-state index contributed by atoms with van der Waals surface area (Å²) in [6.07, 6.45) is 4.72. The quantitative estimate of drug-likeness (QED) is 0.636. The number of sulfonamides is 1. The van der Waals surface area contributed by atoms with Crippen LogP contribution >= 0.6 is 0 Å². The van der Waals surface area contributed by atoms with Gasteiger partial charge in [0.25, 0.3) is 5.56 Å². The average Bonchev–Trinajstić information content (AvgIpc) is 3.15. The van der Waals surface area contributed by atoms with E-state index in [-0.39, 0.29) is 23.5 Å². The maximum atomic E-state index is 12.1. The number of aromatic nitrogens is 3. The zero-order valence-electron chi connectivity index (χ0n) is 13.2. The van der Waals surface area contributed by atoms with E-state index in [1.165, 1.54) is 35.5 Å². The van der Waals surface area contributed by atoms with Crippen molar-refractivity contribution in [2.75, 3.05) is 6.54 Å². The molecule has 0 saturated heterocycles. The summed E-state index contributed by atoms with van der Waals surface area (Å²) in [5.74, 6) is 0.561. The minimum Gasteiger partial charge on any atom is -0.463 e. The fourth-order valence-corrected chi connectivity index (χ4v) is 3.23. The number of hydrogen-bond donors (Lipinski definition) is 1. The van der Waals surface area contributed by atoms with E-state index in [4.69, 9.17) is 4.42 Å². The lowest BCUT2D eigenvalue weighted by Crippen LogP contribution is -2.28. The van der Waals surface area contributed by atoms with Crippen molar-refractivity contribution in [2.24, 2.45) is 0 Å². The maximum Gasteiger partial charge on any atom is 0.266 e. The molecule has 3 aromatic heterocycles. The highest BCUT2D eigenvalue weighted by molar-refractivity contribution is 7.89. The molecule has 0 aliphatic carbocycles. The minimum atomic E-state index is -3.60. The molecule has 0 aromatic carbocycles. The van der Waals surface area contributed by atoms with E-state index in [2.05, 4.69) is 14.8 Å². The lowest BCUT2D eigenvalue weighted by molar-refractivity contribution is 0.529. The lowest BCUT2D eigenvalue weighted by Gasteiger charge is -2.08. The first-order valence-electron chi connectivity index (χ1n) is 7.58. The second-order valence-electron chi connectivity index (χ2n) is 5.20. The predicted molar refractivity (Wildman–Crippen MR) is 90.2 cm³/mol. The van der Waals surface area contributed by atoms with Gasteiger partial charge in [0.2, 0.25) is 10.0 Å². The molecule has 25 heavy (non-hydrogen) atoms. The van der Waals surface area contributed by atoms with Crippen LogP contribution in [-0.4, -0.2) is 29.7 Å². The molecule has 8 nitrogen and oxygen atoms in total. The summed E-state index contributed by atoms with van der Waals surface area (Å²) in [5, 5.41) is 4.23. The molecule has 0 bridgehead atoms. The van der Waals surface area contributed by atoms with Crippen LogP contribution in [0.5, 0.6) is 0 Å². The molecule has 0 spiro atoms. The van der Waals surface area contributed by atoms with Gasteiger partial charge in [-0.1, -0.05) is 0 Å². The Morgan fingerprint density at radius 1 is 1.16 bits per heavy atom. The van der Waals surface area contributed by atoms with Gasteiger partial charge < -0.3 is 4.42 Å². The largest absolute Gasteiger partial charge is 0.463 e. The van der Waals surface area contributed by atoms with Gasteiger partial charge in [-0.05, 0) is 36.8 Å². The molecule has 3 aromatic rings. The smallest absolute Gasteiger partial charge is 0.266 e. The summed E-state index contributed by atoms with van der Waals surface area (Å²) in [7, 11) is -3.60. The van der Waals surface area contributed by atoms with Crippen LogP contribution in [0.25, 0.3) is 11.5 Å². The predicted octanol–water partition coefficient (Wildman–Crippen LogP) is 1.27. The van der Waals surface area contributed by atoms with Gasteiger partial charge in [-0.2, -0.15) is 5.10 Å². The normalized spacial score (nSPS) is 11.5. The number of pyridine rings is 1. The van der Waals surface area contributed by atoms with Crippen LogP contribution in [0.2, 0.25) is 0 Å². The Bertz CT molecular complexity index is 982. The van der Waals surface area contributed by atoms with Gasteiger partial charge in [-0.25, -0.2) is 17.8 Å². The third-order valence-electron chi connectivity index (χ3n) is 3.42. The summed E-state index contributed by atoms with van der Waals surface area (Å²) in [6, 6.07) is 9.50. The monoisotopic (exact) mass is 360 g/mol. The minimum absolute atomic E-state index is 0.102. The van der Waals surface area contributed by atoms with E-state index in [1.807, 2.05) is 0 Å². The van der Waals surface area contributed by atoms with Gasteiger partial charge in [0.05, 0.1) is 6.26 Å². The van der Waals surface area contributed by atoms with Crippen molar-refractivity contribution in [1.29, 1.82) is 0 Å². The van der Waals surface area contributed by atoms with Crippen molar-refractivity contribution in [3.8, 4) is 11.5 Å². The summed E-state index contributed by atoms with van der Waals surface area (Å²) in [6.45, 7) is 0.458. The molecule has 9 heteroatoms. The van der Waals surface area contributed by atoms with Crippen LogP contribution < -0.4 is 10.3 Å². The van der Waals surface area contributed by atoms with E-state index < -0.39 is 10.0 Å². The fraction of sp³-hybridized carbons (Fsp3) is 0.188. The SMILES string of the molecule is O=c1ccc(-c2ccco2)nn1CCCNS(=O)(=O)c1cccnc1. The Morgan fingerprint density at radius 3 is 2.76 bits per heavy atom. The third-order valence-corrected chi connectivity index (χ3v) is 4.87. The Labute approximate surface area is 144 Å². The van der Waals surface area contributed by atoms with Crippen LogP contribution in [0.1, 0.15) is 6.42 Å². The van der Waals surface area contributed by atoms with Gasteiger partial charge in [0, 0.05) is 31.5 Å². The first-order valence-corrected chi connectivity index (χ1v) is 9.06. The van der Waals surface area contributed by atoms with Crippen molar-refractivity contribution in [3.05, 3.63) is 65.4 Å². The summed E-state index contributed by atoms with van der Waals surface area (Å²) >= 11 is 0. The molecule has 0 fully saturated rings. The Hall–Kier alpha value is -2.78. The zero-order valence-corrected chi connectivity index (χ0v) is 14.0. The number of rotatable bonds is 7. The molecule has 0 aliphatic rings. The second-order valence-corrected chi connectivity index (χ2v) is 6.96. The van der Waals surface area contributed by atoms with Crippen molar-refractivity contribution >= 4 is 10.0 Å². The molecular formula is C16H16N4O4S. The van der Waals surface area contributed by atoms with Crippen molar-refractivity contribution < 1.29 is 12.8 Å². The van der Waals surface area contributed by atoms with E-state index in [9.17, 15) is 13.2 Å². The van der Waals surface area contributed by atoms with E-state index in [0.29, 0.717) is 17.9 Å². The molecule has 130 valence electrons. The number of nitrogens with one attached hydrogen (secondary N) is 1. The van der Waals surface area contributed by atoms with Gasteiger partial charge in [-0.3, -0.25) is 9.78 Å². The molecule has 0 amide bonds. The molecule has 0 aliphatic heterocycles. The lowest BCUT2D eigenvalue weighted by atomic mass is 10.3. The summed E-state index contributed by atoms with van der Waals surface area (Å²) in [5.41, 5.74) is 0.283. The standard InChI is InChI=1S/C16H16N4O4S/c21-16-7-6-14(15-5-2-11-24-15)19-20(16)10-3-9-18-25(22,23)13-4-1-8-17-12-13/h1-2,4-8,11-12,18H,3,9-10H2. The molecule has 1 N–H and O–H groups in total. The highest BCUT2D eigenvalue weighted by Crippen LogP contribution is 2.15. The average molecular weight is 360 g/mol. The van der Waals surface area contributed by atoms with E-state index >= 15 is 0 Å². The van der Waals surface area contributed by atoms with E-state index in [0.717, 1.165) is 0 Å². The van der Waals surface area contributed by atoms with Crippen LogP contribution in [0.3, 0.4) is 0 Å². The van der Waals surface area contributed by atoms with Crippen LogP contribution in [0, 0.1) is 0 Å². The first-order chi connectivity index (χ1) is 12.1. The van der Waals surface area contributed by atoms with Crippen molar-refractivity contribution in [1.82, 2.24) is 19.5 Å². The highest BCUT2D eigenvalue weighted by Gasteiger charge is 2.13. The van der Waals surface area contributed by atoms with Gasteiger partial charge >= 0.3 is 0 Å². The first kappa shape index (κ1) is 17.1. The number of nitrogens with zero attached hydrogens (tertiary/aromatic N) is 3. The molecule has 3 rings (SSSR count). The van der Waals surface area contributed by atoms with Gasteiger partial charge in [0.15, 0.2) is 5.76 Å². The molecule has 0 radical (unpaired) electrons. The third kappa shape index (κ3) is 4.20. The summed E-state index contributed by atoms with van der Waals surface area (Å²) < 4.78 is 33.2. The Balaban J connectivity index is 1.61. The van der Waals surface area contributed by atoms with E-state index in [1.54, 1.807) is 24.3 Å². The molecular weight excluding hydrogens is 344 g/mol. The van der Waals surface area contributed by atoms with Crippen LogP contribution in [0.15, 0.2) is 69.2 Å². The molecule has 0 atom stereocenters. The Kier molecular flexibility index (Phi) is 5.05. The number of furan rings is 1. The Morgan fingerprint density at radius 2 is 2.04 bits per heavy atom. The number of hydrogen-bond acceptors (Lipinski definition) is 6. The molecule has 3 heterocycles.